The lowest BCUT2D eigenvalue weighted by Gasteiger charge is -2.27. The summed E-state index contributed by atoms with van der Waals surface area (Å²) in [5.41, 5.74) is 1.96. The van der Waals surface area contributed by atoms with Gasteiger partial charge < -0.3 is 19.1 Å². The first kappa shape index (κ1) is 20.9. The molecule has 0 bridgehead atoms. The molecule has 1 fully saturated rings. The van der Waals surface area contributed by atoms with Crippen molar-refractivity contribution in [3.63, 3.8) is 0 Å². The van der Waals surface area contributed by atoms with Crippen LogP contribution in [0.4, 0.5) is 4.79 Å². The molecule has 1 saturated heterocycles. The third-order valence-electron chi connectivity index (χ3n) is 4.91. The maximum atomic E-state index is 12.7. The molecule has 0 aliphatic carbocycles. The van der Waals surface area contributed by atoms with Crippen molar-refractivity contribution in [2.24, 2.45) is 0 Å². The molecule has 2 unspecified atom stereocenters. The minimum Gasteiger partial charge on any atom is -0.466 e. The van der Waals surface area contributed by atoms with E-state index in [9.17, 15) is 9.59 Å². The fourth-order valence-electron chi connectivity index (χ4n) is 3.46. The molecule has 6 nitrogen and oxygen atoms in total. The highest BCUT2D eigenvalue weighted by Gasteiger charge is 2.40. The van der Waals surface area contributed by atoms with E-state index >= 15 is 0 Å². The van der Waals surface area contributed by atoms with Crippen LogP contribution in [0, 0.1) is 0 Å². The molecule has 1 amide bonds. The Bertz CT molecular complexity index is 780. The molecule has 0 radical (unpaired) electrons. The van der Waals surface area contributed by atoms with E-state index in [2.05, 4.69) is 0 Å². The number of hydrogen-bond acceptors (Lipinski definition) is 5. The number of amides is 1. The second-order valence-electron chi connectivity index (χ2n) is 6.93. The van der Waals surface area contributed by atoms with Crippen LogP contribution in [0.2, 0.25) is 0 Å². The Kier molecular flexibility index (Phi) is 7.64. The van der Waals surface area contributed by atoms with E-state index in [0.717, 1.165) is 11.1 Å². The van der Waals surface area contributed by atoms with Crippen LogP contribution in [0.1, 0.15) is 30.9 Å². The zero-order chi connectivity index (χ0) is 20.5. The van der Waals surface area contributed by atoms with Gasteiger partial charge in [-0.2, -0.15) is 0 Å². The Morgan fingerprint density at radius 1 is 0.931 bits per heavy atom. The van der Waals surface area contributed by atoms with Gasteiger partial charge in [0, 0.05) is 6.54 Å². The SMILES string of the molecule is CCOC(=O)CC1C(OCc2ccccc2)CCN1C(=O)OCc1ccccc1. The van der Waals surface area contributed by atoms with Crippen molar-refractivity contribution in [3.05, 3.63) is 71.8 Å². The van der Waals surface area contributed by atoms with Crippen LogP contribution in [-0.2, 0) is 32.2 Å². The Labute approximate surface area is 171 Å². The van der Waals surface area contributed by atoms with Crippen molar-refractivity contribution < 1.29 is 23.8 Å². The summed E-state index contributed by atoms with van der Waals surface area (Å²) in [6.45, 7) is 3.17. The molecule has 0 N–H and O–H groups in total. The number of rotatable bonds is 8. The van der Waals surface area contributed by atoms with Gasteiger partial charge in [-0.05, 0) is 24.5 Å². The van der Waals surface area contributed by atoms with Gasteiger partial charge in [-0.3, -0.25) is 4.79 Å². The summed E-state index contributed by atoms with van der Waals surface area (Å²) in [6.07, 6.45) is 0.0586. The van der Waals surface area contributed by atoms with E-state index < -0.39 is 12.1 Å². The van der Waals surface area contributed by atoms with Gasteiger partial charge in [0.15, 0.2) is 0 Å². The van der Waals surface area contributed by atoms with E-state index in [1.54, 1.807) is 11.8 Å². The number of ether oxygens (including phenoxy) is 3. The molecule has 2 aromatic rings. The quantitative estimate of drug-likeness (QED) is 0.632. The van der Waals surface area contributed by atoms with Crippen molar-refractivity contribution in [1.29, 1.82) is 0 Å². The number of carbonyl (C=O) groups is 2. The highest BCUT2D eigenvalue weighted by molar-refractivity contribution is 5.73. The summed E-state index contributed by atoms with van der Waals surface area (Å²) < 4.78 is 16.6. The third-order valence-corrected chi connectivity index (χ3v) is 4.91. The van der Waals surface area contributed by atoms with Crippen LogP contribution in [-0.4, -0.2) is 42.3 Å². The molecular formula is C23H27NO5. The minimum atomic E-state index is -0.436. The maximum Gasteiger partial charge on any atom is 0.410 e. The van der Waals surface area contributed by atoms with Crippen molar-refractivity contribution in [2.45, 2.75) is 45.1 Å². The molecule has 0 spiro atoms. The Balaban J connectivity index is 1.62. The summed E-state index contributed by atoms with van der Waals surface area (Å²) in [4.78, 5) is 26.4. The topological polar surface area (TPSA) is 65.1 Å². The normalized spacial score (nSPS) is 18.4. The van der Waals surface area contributed by atoms with Gasteiger partial charge >= 0.3 is 12.1 Å². The molecule has 1 aliphatic rings. The van der Waals surface area contributed by atoms with Crippen LogP contribution in [0.5, 0.6) is 0 Å². The number of nitrogens with zero attached hydrogens (tertiary/aromatic N) is 1. The summed E-state index contributed by atoms with van der Waals surface area (Å²) in [7, 11) is 0. The van der Waals surface area contributed by atoms with Crippen molar-refractivity contribution >= 4 is 12.1 Å². The lowest BCUT2D eigenvalue weighted by Crippen LogP contribution is -2.42. The van der Waals surface area contributed by atoms with Gasteiger partial charge in [0.25, 0.3) is 0 Å². The lowest BCUT2D eigenvalue weighted by molar-refractivity contribution is -0.145. The predicted molar refractivity (Wildman–Crippen MR) is 108 cm³/mol. The molecule has 2 aromatic carbocycles. The molecule has 154 valence electrons. The van der Waals surface area contributed by atoms with Crippen molar-refractivity contribution in [1.82, 2.24) is 4.90 Å². The first-order valence-corrected chi connectivity index (χ1v) is 9.96. The van der Waals surface area contributed by atoms with Crippen LogP contribution < -0.4 is 0 Å². The minimum absolute atomic E-state index is 0.0910. The van der Waals surface area contributed by atoms with Crippen LogP contribution in [0.3, 0.4) is 0 Å². The van der Waals surface area contributed by atoms with E-state index in [1.807, 2.05) is 60.7 Å². The Hall–Kier alpha value is -2.86. The summed E-state index contributed by atoms with van der Waals surface area (Å²) in [5.74, 6) is -0.339. The number of benzene rings is 2. The van der Waals surface area contributed by atoms with Gasteiger partial charge in [-0.15, -0.1) is 0 Å². The second kappa shape index (κ2) is 10.6. The Morgan fingerprint density at radius 2 is 1.55 bits per heavy atom. The average molecular weight is 397 g/mol. The average Bonchev–Trinajstić information content (AvgIpc) is 3.14. The molecule has 1 aliphatic heterocycles. The molecule has 2 atom stereocenters. The molecule has 0 aromatic heterocycles. The predicted octanol–water partition coefficient (Wildman–Crippen LogP) is 3.94. The number of hydrogen-bond donors (Lipinski definition) is 0. The second-order valence-corrected chi connectivity index (χ2v) is 6.93. The summed E-state index contributed by atoms with van der Waals surface area (Å²) in [6, 6.07) is 18.9. The van der Waals surface area contributed by atoms with Gasteiger partial charge in [0.1, 0.15) is 6.61 Å². The van der Waals surface area contributed by atoms with Crippen LogP contribution in [0.15, 0.2) is 60.7 Å². The monoisotopic (exact) mass is 397 g/mol. The molecule has 29 heavy (non-hydrogen) atoms. The van der Waals surface area contributed by atoms with Gasteiger partial charge in [-0.25, -0.2) is 4.79 Å². The number of carbonyl (C=O) groups excluding carboxylic acids is 2. The van der Waals surface area contributed by atoms with E-state index in [-0.39, 0.29) is 25.1 Å². The zero-order valence-electron chi connectivity index (χ0n) is 16.7. The van der Waals surface area contributed by atoms with E-state index in [1.165, 1.54) is 0 Å². The van der Waals surface area contributed by atoms with E-state index in [0.29, 0.717) is 26.2 Å². The smallest absolute Gasteiger partial charge is 0.410 e. The maximum absolute atomic E-state index is 12.7. The van der Waals surface area contributed by atoms with Crippen LogP contribution >= 0.6 is 0 Å². The molecule has 1 heterocycles. The van der Waals surface area contributed by atoms with E-state index in [4.69, 9.17) is 14.2 Å². The standard InChI is InChI=1S/C23H27NO5/c1-2-27-22(25)15-20-21(28-16-18-9-5-3-6-10-18)13-14-24(20)23(26)29-17-19-11-7-4-8-12-19/h3-12,20-21H,2,13-17H2,1H3. The largest absolute Gasteiger partial charge is 0.466 e. The van der Waals surface area contributed by atoms with Crippen molar-refractivity contribution in [3.8, 4) is 0 Å². The highest BCUT2D eigenvalue weighted by Crippen LogP contribution is 2.26. The molecular weight excluding hydrogens is 370 g/mol. The van der Waals surface area contributed by atoms with Crippen LogP contribution in [0.25, 0.3) is 0 Å². The van der Waals surface area contributed by atoms with Gasteiger partial charge in [-0.1, -0.05) is 60.7 Å². The highest BCUT2D eigenvalue weighted by atomic mass is 16.6. The third kappa shape index (κ3) is 6.06. The number of likely N-dealkylation sites (tertiary alicyclic amines) is 1. The lowest BCUT2D eigenvalue weighted by atomic mass is 10.1. The first-order valence-electron chi connectivity index (χ1n) is 9.96. The molecule has 3 rings (SSSR count). The zero-order valence-corrected chi connectivity index (χ0v) is 16.7. The van der Waals surface area contributed by atoms with Gasteiger partial charge in [0.2, 0.25) is 0 Å². The van der Waals surface area contributed by atoms with Crippen molar-refractivity contribution in [2.75, 3.05) is 13.2 Å². The number of esters is 1. The first-order chi connectivity index (χ1) is 14.2. The fraction of sp³-hybridized carbons (Fsp3) is 0.391. The Morgan fingerprint density at radius 3 is 2.17 bits per heavy atom. The summed E-state index contributed by atoms with van der Waals surface area (Å²) >= 11 is 0. The van der Waals surface area contributed by atoms with Gasteiger partial charge in [0.05, 0.1) is 31.8 Å². The fourth-order valence-corrected chi connectivity index (χ4v) is 3.46. The summed E-state index contributed by atoms with van der Waals surface area (Å²) in [5, 5.41) is 0. The molecule has 6 heteroatoms. The molecule has 0 saturated carbocycles.